The number of carbonyl (C=O) groups excluding carboxylic acids is 3. The number of esters is 1. The van der Waals surface area contributed by atoms with E-state index in [2.05, 4.69) is 25.4 Å². The van der Waals surface area contributed by atoms with E-state index in [1.54, 1.807) is 34.6 Å². The minimum atomic E-state index is -0.948. The van der Waals surface area contributed by atoms with E-state index in [0.29, 0.717) is 0 Å². The second-order valence-corrected chi connectivity index (χ2v) is 10.0. The number of hydrogen-bond donors (Lipinski definition) is 1. The molecule has 0 aromatic rings. The highest BCUT2D eigenvalue weighted by Gasteiger charge is 2.64. The second-order valence-electron chi connectivity index (χ2n) is 8.27. The normalized spacial score (nSPS) is 25.0. The molecule has 2 fully saturated rings. The van der Waals surface area contributed by atoms with E-state index in [1.165, 1.54) is 16.7 Å². The number of rotatable bonds is 7. The fraction of sp³-hybridized carbons (Fsp3) is 0.812. The van der Waals surface area contributed by atoms with Crippen LogP contribution in [0.5, 0.6) is 0 Å². The van der Waals surface area contributed by atoms with Gasteiger partial charge in [-0.2, -0.15) is 0 Å². The number of carbonyl (C=O) groups is 3. The van der Waals surface area contributed by atoms with Crippen LogP contribution < -0.4 is 5.32 Å². The van der Waals surface area contributed by atoms with E-state index in [0.717, 1.165) is 0 Å². The number of nitrogens with zero attached hydrogens (tertiary/aromatic N) is 7. The van der Waals surface area contributed by atoms with Crippen LogP contribution in [0.4, 0.5) is 4.79 Å². The monoisotopic (exact) mass is 440 g/mol. The van der Waals surface area contributed by atoms with Crippen molar-refractivity contribution in [3.8, 4) is 0 Å². The van der Waals surface area contributed by atoms with Crippen LogP contribution in [0.25, 0.3) is 20.9 Å². The Morgan fingerprint density at radius 3 is 2.33 bits per heavy atom. The predicted molar refractivity (Wildman–Crippen MR) is 107 cm³/mol. The van der Waals surface area contributed by atoms with Crippen LogP contribution in [0, 0.1) is 0 Å². The third-order valence-electron chi connectivity index (χ3n) is 4.32. The summed E-state index contributed by atoms with van der Waals surface area (Å²) in [5.74, 6) is -1.13. The lowest BCUT2D eigenvalue weighted by molar-refractivity contribution is -0.166. The molecular weight excluding hydrogens is 416 g/mol. The maximum absolute atomic E-state index is 12.8. The molecule has 2 heterocycles. The molecule has 164 valence electrons. The van der Waals surface area contributed by atoms with Gasteiger partial charge in [0.25, 0.3) is 0 Å². The lowest BCUT2D eigenvalue weighted by atomic mass is 9.96. The standard InChI is InChI=1S/C16H24N8O5S/c1-15(2,3)29-14(27)21-9-11(25)24-10(16(4,5)30-12(9)24)13(26)28-8(6-19-22-17)7-20-23-18/h8-10,12H,6-7H2,1-5H3,(H,21,27)/t9-,10+,12-/m1/s1. The molecule has 2 aliphatic heterocycles. The minimum Gasteiger partial charge on any atom is -0.461 e. The summed E-state index contributed by atoms with van der Waals surface area (Å²) in [7, 11) is 0. The SMILES string of the molecule is CC(C)(C)OC(=O)N[C@@H]1C(=O)N2[C@@H]1SC(C)(C)[C@@H]2C(=O)OC(CN=[N+]=[N-])CN=[N+]=[N-]. The maximum atomic E-state index is 12.8. The Kier molecular flexibility index (Phi) is 6.96. The molecule has 0 aliphatic carbocycles. The molecule has 0 saturated carbocycles. The molecule has 0 aromatic carbocycles. The molecule has 14 heteroatoms. The molecule has 0 unspecified atom stereocenters. The fourth-order valence-electron chi connectivity index (χ4n) is 3.18. The van der Waals surface area contributed by atoms with Crippen molar-refractivity contribution >= 4 is 29.7 Å². The molecule has 0 spiro atoms. The van der Waals surface area contributed by atoms with Gasteiger partial charge in [-0.3, -0.25) is 4.79 Å². The number of nitrogens with one attached hydrogen (secondary N) is 1. The van der Waals surface area contributed by atoms with Crippen molar-refractivity contribution in [2.75, 3.05) is 13.1 Å². The summed E-state index contributed by atoms with van der Waals surface area (Å²) < 4.78 is 9.86. The van der Waals surface area contributed by atoms with Crippen molar-refractivity contribution in [1.82, 2.24) is 10.2 Å². The van der Waals surface area contributed by atoms with Crippen molar-refractivity contribution < 1.29 is 23.9 Å². The Balaban J connectivity index is 2.10. The Morgan fingerprint density at radius 1 is 1.27 bits per heavy atom. The van der Waals surface area contributed by atoms with E-state index in [9.17, 15) is 14.4 Å². The van der Waals surface area contributed by atoms with Crippen LogP contribution in [0.1, 0.15) is 34.6 Å². The highest BCUT2D eigenvalue weighted by molar-refractivity contribution is 8.01. The minimum absolute atomic E-state index is 0.207. The van der Waals surface area contributed by atoms with Gasteiger partial charge in [0, 0.05) is 14.6 Å². The van der Waals surface area contributed by atoms with Crippen molar-refractivity contribution in [3.63, 3.8) is 0 Å². The van der Waals surface area contributed by atoms with Gasteiger partial charge < -0.3 is 19.7 Å². The zero-order valence-electron chi connectivity index (χ0n) is 17.3. The summed E-state index contributed by atoms with van der Waals surface area (Å²) in [5.41, 5.74) is 16.2. The number of azide groups is 2. The molecule has 2 amide bonds. The van der Waals surface area contributed by atoms with Crippen molar-refractivity contribution in [1.29, 1.82) is 0 Å². The average Bonchev–Trinajstić information content (AvgIpc) is 2.88. The highest BCUT2D eigenvalue weighted by atomic mass is 32.2. The number of ether oxygens (including phenoxy) is 2. The van der Waals surface area contributed by atoms with Gasteiger partial charge in [-0.15, -0.1) is 11.8 Å². The zero-order chi connectivity index (χ0) is 22.7. The lowest BCUT2D eigenvalue weighted by Gasteiger charge is -2.44. The number of hydrogen-bond acceptors (Lipinski definition) is 8. The average molecular weight is 440 g/mol. The third-order valence-corrected chi connectivity index (χ3v) is 5.89. The Labute approximate surface area is 177 Å². The topological polar surface area (TPSA) is 182 Å². The van der Waals surface area contributed by atoms with Crippen LogP contribution >= 0.6 is 11.8 Å². The summed E-state index contributed by atoms with van der Waals surface area (Å²) in [6.45, 7) is 8.30. The van der Waals surface area contributed by atoms with Gasteiger partial charge in [-0.25, -0.2) is 9.59 Å². The number of β-lactam (4-membered cyclic amide) rings is 1. The number of amides is 2. The van der Waals surface area contributed by atoms with Crippen LogP contribution in [0.2, 0.25) is 0 Å². The molecule has 0 bridgehead atoms. The van der Waals surface area contributed by atoms with Crippen LogP contribution in [0.15, 0.2) is 10.2 Å². The second kappa shape index (κ2) is 8.90. The number of alkyl carbamates (subject to hydrolysis) is 1. The highest BCUT2D eigenvalue weighted by Crippen LogP contribution is 2.51. The molecule has 2 aliphatic rings. The third kappa shape index (κ3) is 5.21. The first-order valence-corrected chi connectivity index (χ1v) is 10.0. The van der Waals surface area contributed by atoms with E-state index in [1.807, 2.05) is 0 Å². The van der Waals surface area contributed by atoms with E-state index in [-0.39, 0.29) is 13.1 Å². The van der Waals surface area contributed by atoms with Crippen molar-refractivity contribution in [3.05, 3.63) is 20.9 Å². The smallest absolute Gasteiger partial charge is 0.408 e. The largest absolute Gasteiger partial charge is 0.461 e. The van der Waals surface area contributed by atoms with Gasteiger partial charge in [0.1, 0.15) is 29.2 Å². The zero-order valence-corrected chi connectivity index (χ0v) is 18.1. The number of thioether (sulfide) groups is 1. The summed E-state index contributed by atoms with van der Waals surface area (Å²) >= 11 is 1.36. The van der Waals surface area contributed by atoms with Gasteiger partial charge in [0.05, 0.1) is 13.1 Å². The van der Waals surface area contributed by atoms with Gasteiger partial charge in [0.15, 0.2) is 0 Å². The molecule has 3 atom stereocenters. The summed E-state index contributed by atoms with van der Waals surface area (Å²) in [6, 6.07) is -1.74. The Morgan fingerprint density at radius 2 is 1.83 bits per heavy atom. The Hall–Kier alpha value is -2.82. The van der Waals surface area contributed by atoms with Crippen LogP contribution in [-0.4, -0.2) is 69.9 Å². The molecule has 1 N–H and O–H groups in total. The van der Waals surface area contributed by atoms with Crippen LogP contribution in [0.3, 0.4) is 0 Å². The quantitative estimate of drug-likeness (QED) is 0.208. The first kappa shape index (κ1) is 23.5. The van der Waals surface area contributed by atoms with Crippen LogP contribution in [-0.2, 0) is 19.1 Å². The van der Waals surface area contributed by atoms with Crippen molar-refractivity contribution in [2.24, 2.45) is 10.2 Å². The van der Waals surface area contributed by atoms with E-state index < -0.39 is 51.9 Å². The predicted octanol–water partition coefficient (Wildman–Crippen LogP) is 2.47. The van der Waals surface area contributed by atoms with Gasteiger partial charge in [-0.05, 0) is 45.7 Å². The van der Waals surface area contributed by atoms with Crippen molar-refractivity contribution in [2.45, 2.75) is 68.5 Å². The molecule has 30 heavy (non-hydrogen) atoms. The summed E-state index contributed by atoms with van der Waals surface area (Å²) in [4.78, 5) is 44.1. The van der Waals surface area contributed by atoms with E-state index in [4.69, 9.17) is 20.5 Å². The van der Waals surface area contributed by atoms with Gasteiger partial charge in [0.2, 0.25) is 5.91 Å². The molecule has 2 rings (SSSR count). The number of fused-ring (bicyclic) bond motifs is 1. The fourth-order valence-corrected chi connectivity index (χ4v) is 4.80. The first-order chi connectivity index (χ1) is 13.9. The molecular formula is C16H24N8O5S. The lowest BCUT2D eigenvalue weighted by Crippen LogP contribution is -2.71. The first-order valence-electron chi connectivity index (χ1n) is 9.13. The molecule has 2 saturated heterocycles. The summed E-state index contributed by atoms with van der Waals surface area (Å²) in [6.07, 6.45) is -1.66. The molecule has 0 aromatic heterocycles. The van der Waals surface area contributed by atoms with Gasteiger partial charge >= 0.3 is 12.1 Å². The Bertz CT molecular complexity index is 795. The molecule has 13 nitrogen and oxygen atoms in total. The summed E-state index contributed by atoms with van der Waals surface area (Å²) in [5, 5.41) is 8.80. The molecule has 0 radical (unpaired) electrons. The van der Waals surface area contributed by atoms with Gasteiger partial charge in [-0.1, -0.05) is 10.2 Å². The van der Waals surface area contributed by atoms with E-state index >= 15 is 0 Å². The maximum Gasteiger partial charge on any atom is 0.408 e.